The largest absolute Gasteiger partial charge is 0.497 e. The third kappa shape index (κ3) is 4.37. The fourth-order valence-electron chi connectivity index (χ4n) is 3.51. The molecule has 0 spiro atoms. The van der Waals surface area contributed by atoms with E-state index in [2.05, 4.69) is 15.1 Å². The lowest BCUT2D eigenvalue weighted by Crippen LogP contribution is -2.39. The Labute approximate surface area is 169 Å². The van der Waals surface area contributed by atoms with E-state index in [1.165, 1.54) is 0 Å². The number of nitrogens with zero attached hydrogens (tertiary/aromatic N) is 5. The summed E-state index contributed by atoms with van der Waals surface area (Å²) < 4.78 is 12.7. The number of ether oxygens (including phenoxy) is 2. The summed E-state index contributed by atoms with van der Waals surface area (Å²) >= 11 is 0. The molecule has 1 aliphatic heterocycles. The normalized spacial score (nSPS) is 16.5. The lowest BCUT2D eigenvalue weighted by molar-refractivity contribution is 0.0705. The van der Waals surface area contributed by atoms with Crippen LogP contribution in [0.2, 0.25) is 0 Å². The minimum absolute atomic E-state index is 0.000422. The average molecular weight is 393 g/mol. The Hall–Kier alpha value is -3.42. The molecule has 0 saturated carbocycles. The zero-order valence-corrected chi connectivity index (χ0v) is 16.5. The Morgan fingerprint density at radius 3 is 2.86 bits per heavy atom. The molecule has 29 heavy (non-hydrogen) atoms. The number of piperidine rings is 1. The Balaban J connectivity index is 1.48. The van der Waals surface area contributed by atoms with E-state index in [1.807, 2.05) is 23.1 Å². The summed E-state index contributed by atoms with van der Waals surface area (Å²) in [5.74, 6) is 1.88. The fraction of sp³-hybridized carbons (Fsp3) is 0.333. The van der Waals surface area contributed by atoms with Crippen LogP contribution in [0.3, 0.4) is 0 Å². The van der Waals surface area contributed by atoms with Crippen LogP contribution in [-0.4, -0.2) is 50.8 Å². The van der Waals surface area contributed by atoms with Crippen LogP contribution in [0.15, 0.2) is 49.1 Å². The van der Waals surface area contributed by atoms with Gasteiger partial charge in [-0.1, -0.05) is 6.07 Å². The lowest BCUT2D eigenvalue weighted by atomic mass is 9.94. The third-order valence-corrected chi connectivity index (χ3v) is 4.97. The van der Waals surface area contributed by atoms with E-state index in [0.29, 0.717) is 29.5 Å². The van der Waals surface area contributed by atoms with Gasteiger partial charge in [0.25, 0.3) is 5.91 Å². The zero-order chi connectivity index (χ0) is 20.2. The number of benzene rings is 1. The number of carbonyl (C=O) groups is 1. The minimum atomic E-state index is -0.000422. The summed E-state index contributed by atoms with van der Waals surface area (Å²) in [5, 5.41) is 4.09. The Bertz CT molecular complexity index is 1000. The third-order valence-electron chi connectivity index (χ3n) is 4.97. The van der Waals surface area contributed by atoms with E-state index in [1.54, 1.807) is 49.7 Å². The molecule has 0 aliphatic carbocycles. The van der Waals surface area contributed by atoms with Crippen LogP contribution in [0, 0.1) is 0 Å². The van der Waals surface area contributed by atoms with Gasteiger partial charge in [-0.2, -0.15) is 5.10 Å². The quantitative estimate of drug-likeness (QED) is 0.663. The van der Waals surface area contributed by atoms with Crippen LogP contribution in [0.4, 0.5) is 0 Å². The van der Waals surface area contributed by atoms with Crippen molar-refractivity contribution >= 4 is 5.91 Å². The predicted octanol–water partition coefficient (Wildman–Crippen LogP) is 3.03. The SMILES string of the molecule is COc1cccc(Oc2cncc(C3CCCN(C(=O)c4cnn(C)c4)C3)n2)c1. The predicted molar refractivity (Wildman–Crippen MR) is 106 cm³/mol. The molecular formula is C21H23N5O3. The Kier molecular flexibility index (Phi) is 5.41. The smallest absolute Gasteiger partial charge is 0.257 e. The number of hydrogen-bond acceptors (Lipinski definition) is 6. The maximum atomic E-state index is 12.8. The van der Waals surface area contributed by atoms with Crippen molar-refractivity contribution in [3.63, 3.8) is 0 Å². The molecule has 1 saturated heterocycles. The van der Waals surface area contributed by atoms with Crippen molar-refractivity contribution in [2.24, 2.45) is 7.05 Å². The molecule has 8 nitrogen and oxygen atoms in total. The first-order chi connectivity index (χ1) is 14.1. The Morgan fingerprint density at radius 2 is 2.07 bits per heavy atom. The van der Waals surface area contributed by atoms with E-state index in [-0.39, 0.29) is 11.8 Å². The van der Waals surface area contributed by atoms with Crippen LogP contribution >= 0.6 is 0 Å². The maximum Gasteiger partial charge on any atom is 0.257 e. The molecule has 0 N–H and O–H groups in total. The molecule has 3 heterocycles. The number of carbonyl (C=O) groups excluding carboxylic acids is 1. The zero-order valence-electron chi connectivity index (χ0n) is 16.5. The summed E-state index contributed by atoms with van der Waals surface area (Å²) in [6.07, 6.45) is 8.56. The number of rotatable bonds is 5. The number of likely N-dealkylation sites (tertiary alicyclic amines) is 1. The maximum absolute atomic E-state index is 12.8. The van der Waals surface area contributed by atoms with Crippen molar-refractivity contribution in [3.05, 3.63) is 60.3 Å². The molecule has 1 fully saturated rings. The summed E-state index contributed by atoms with van der Waals surface area (Å²) in [4.78, 5) is 23.6. The van der Waals surface area contributed by atoms with Gasteiger partial charge in [-0.05, 0) is 25.0 Å². The van der Waals surface area contributed by atoms with Crippen molar-refractivity contribution in [2.75, 3.05) is 20.2 Å². The second kappa shape index (κ2) is 8.30. The lowest BCUT2D eigenvalue weighted by Gasteiger charge is -2.32. The van der Waals surface area contributed by atoms with Gasteiger partial charge < -0.3 is 14.4 Å². The molecule has 4 rings (SSSR count). The first kappa shape index (κ1) is 18.9. The number of aromatic nitrogens is 4. The van der Waals surface area contributed by atoms with Crippen molar-refractivity contribution in [1.29, 1.82) is 0 Å². The summed E-state index contributed by atoms with van der Waals surface area (Å²) in [6, 6.07) is 7.34. The van der Waals surface area contributed by atoms with Gasteiger partial charge >= 0.3 is 0 Å². The second-order valence-corrected chi connectivity index (χ2v) is 7.06. The van der Waals surface area contributed by atoms with Gasteiger partial charge in [-0.15, -0.1) is 0 Å². The van der Waals surface area contributed by atoms with Crippen molar-refractivity contribution in [2.45, 2.75) is 18.8 Å². The summed E-state index contributed by atoms with van der Waals surface area (Å²) in [6.45, 7) is 1.34. The molecule has 2 aromatic heterocycles. The molecule has 0 bridgehead atoms. The first-order valence-electron chi connectivity index (χ1n) is 9.54. The van der Waals surface area contributed by atoms with Crippen molar-refractivity contribution in [3.8, 4) is 17.4 Å². The summed E-state index contributed by atoms with van der Waals surface area (Å²) in [7, 11) is 3.42. The monoisotopic (exact) mass is 393 g/mol. The van der Waals surface area contributed by atoms with Crippen molar-refractivity contribution in [1.82, 2.24) is 24.6 Å². The number of aryl methyl sites for hydroxylation is 1. The van der Waals surface area contributed by atoms with Crippen LogP contribution in [0.25, 0.3) is 0 Å². The molecule has 0 radical (unpaired) electrons. The van der Waals surface area contributed by atoms with Gasteiger partial charge in [0.2, 0.25) is 5.88 Å². The highest BCUT2D eigenvalue weighted by Crippen LogP contribution is 2.29. The van der Waals surface area contributed by atoms with Crippen LogP contribution in [-0.2, 0) is 7.05 Å². The van der Waals surface area contributed by atoms with Crippen LogP contribution in [0.1, 0.15) is 34.8 Å². The second-order valence-electron chi connectivity index (χ2n) is 7.06. The highest BCUT2D eigenvalue weighted by Gasteiger charge is 2.27. The van der Waals surface area contributed by atoms with Gasteiger partial charge in [0.15, 0.2) is 0 Å². The molecule has 1 atom stereocenters. The minimum Gasteiger partial charge on any atom is -0.497 e. The molecule has 3 aromatic rings. The molecule has 1 aliphatic rings. The van der Waals surface area contributed by atoms with E-state index in [4.69, 9.17) is 9.47 Å². The van der Waals surface area contributed by atoms with Gasteiger partial charge in [-0.25, -0.2) is 4.98 Å². The van der Waals surface area contributed by atoms with E-state index in [9.17, 15) is 4.79 Å². The highest BCUT2D eigenvalue weighted by molar-refractivity contribution is 5.93. The molecule has 150 valence electrons. The fourth-order valence-corrected chi connectivity index (χ4v) is 3.51. The number of amides is 1. The van der Waals surface area contributed by atoms with Crippen molar-refractivity contribution < 1.29 is 14.3 Å². The molecule has 1 unspecified atom stereocenters. The molecule has 8 heteroatoms. The number of hydrogen-bond donors (Lipinski definition) is 0. The highest BCUT2D eigenvalue weighted by atomic mass is 16.5. The standard InChI is InChI=1S/C21H23N5O3/c1-25-13-16(10-23-25)21(27)26-8-4-5-15(14-26)19-11-22-12-20(24-19)29-18-7-3-6-17(9-18)28-2/h3,6-7,9-13,15H,4-5,8,14H2,1-2H3. The number of methoxy groups -OCH3 is 1. The molecule has 1 aromatic carbocycles. The van der Waals surface area contributed by atoms with E-state index < -0.39 is 0 Å². The summed E-state index contributed by atoms with van der Waals surface area (Å²) in [5.41, 5.74) is 1.43. The van der Waals surface area contributed by atoms with Crippen LogP contribution in [0.5, 0.6) is 17.4 Å². The molecule has 1 amide bonds. The first-order valence-corrected chi connectivity index (χ1v) is 9.54. The van der Waals surface area contributed by atoms with Gasteiger partial charge in [0.1, 0.15) is 11.5 Å². The topological polar surface area (TPSA) is 82.4 Å². The Morgan fingerprint density at radius 1 is 1.21 bits per heavy atom. The van der Waals surface area contributed by atoms with E-state index in [0.717, 1.165) is 25.1 Å². The van der Waals surface area contributed by atoms with E-state index >= 15 is 0 Å². The van der Waals surface area contributed by atoms with Gasteiger partial charge in [0, 0.05) is 44.5 Å². The average Bonchev–Trinajstić information content (AvgIpc) is 3.20. The van der Waals surface area contributed by atoms with Gasteiger partial charge in [0.05, 0.1) is 30.8 Å². The van der Waals surface area contributed by atoms with Crippen LogP contribution < -0.4 is 9.47 Å². The van der Waals surface area contributed by atoms with Gasteiger partial charge in [-0.3, -0.25) is 14.5 Å². The molecular weight excluding hydrogens is 370 g/mol.